The molecule has 0 amide bonds. The molecule has 0 spiro atoms. The molecule has 90 valence electrons. The van der Waals surface area contributed by atoms with Crippen LogP contribution < -0.4 is 4.74 Å². The summed E-state index contributed by atoms with van der Waals surface area (Å²) in [5.74, 6) is 0.571. The van der Waals surface area contributed by atoms with Crippen molar-refractivity contribution < 1.29 is 14.6 Å². The Bertz CT molecular complexity index is 328. The number of rotatable bonds is 6. The molecule has 1 rings (SSSR count). The van der Waals surface area contributed by atoms with E-state index in [0.29, 0.717) is 19.1 Å². The quantitative estimate of drug-likeness (QED) is 0.800. The average Bonchev–Trinajstić information content (AvgIpc) is 2.26. The normalized spacial score (nSPS) is 12.5. The minimum Gasteiger partial charge on any atom is -0.472 e. The molecular weight excluding hydrogens is 206 g/mol. The van der Waals surface area contributed by atoms with Gasteiger partial charge in [-0.2, -0.15) is 0 Å². The number of aryl methyl sites for hydroxylation is 1. The largest absolute Gasteiger partial charge is 0.472 e. The van der Waals surface area contributed by atoms with Gasteiger partial charge in [-0.15, -0.1) is 0 Å². The Morgan fingerprint density at radius 1 is 1.44 bits per heavy atom. The van der Waals surface area contributed by atoms with Gasteiger partial charge in [0.05, 0.1) is 13.2 Å². The van der Waals surface area contributed by atoms with Gasteiger partial charge >= 0.3 is 0 Å². The van der Waals surface area contributed by atoms with Gasteiger partial charge in [0.15, 0.2) is 0 Å². The molecular formula is C12H19NO3. The lowest BCUT2D eigenvalue weighted by molar-refractivity contribution is 0.0632. The summed E-state index contributed by atoms with van der Waals surface area (Å²) >= 11 is 0. The first-order valence-corrected chi connectivity index (χ1v) is 5.49. The highest BCUT2D eigenvalue weighted by atomic mass is 16.5. The number of hydrogen-bond donors (Lipinski definition) is 1. The lowest BCUT2D eigenvalue weighted by Crippen LogP contribution is -2.19. The average molecular weight is 225 g/mol. The molecule has 0 bridgehead atoms. The van der Waals surface area contributed by atoms with Crippen LogP contribution in [0.15, 0.2) is 12.1 Å². The molecule has 16 heavy (non-hydrogen) atoms. The lowest BCUT2D eigenvalue weighted by atomic mass is 10.2. The van der Waals surface area contributed by atoms with Gasteiger partial charge in [-0.3, -0.25) is 0 Å². The molecule has 1 aromatic rings. The zero-order chi connectivity index (χ0) is 12.0. The van der Waals surface area contributed by atoms with Crippen LogP contribution in [-0.2, 0) is 11.3 Å². The van der Waals surface area contributed by atoms with Crippen molar-refractivity contribution in [2.24, 2.45) is 0 Å². The maximum atomic E-state index is 9.01. The molecule has 0 aliphatic heterocycles. The molecule has 1 aromatic heterocycles. The van der Waals surface area contributed by atoms with Crippen LogP contribution in [0.4, 0.5) is 0 Å². The van der Waals surface area contributed by atoms with Crippen LogP contribution in [0.1, 0.15) is 25.1 Å². The molecule has 0 fully saturated rings. The predicted molar refractivity (Wildman–Crippen MR) is 61.5 cm³/mol. The summed E-state index contributed by atoms with van der Waals surface area (Å²) in [6.45, 7) is 6.99. The fourth-order valence-corrected chi connectivity index (χ4v) is 1.32. The third kappa shape index (κ3) is 3.79. The van der Waals surface area contributed by atoms with Gasteiger partial charge in [-0.05, 0) is 32.4 Å². The number of nitrogens with zero attached hydrogens (tertiary/aromatic N) is 1. The maximum absolute atomic E-state index is 9.01. The van der Waals surface area contributed by atoms with E-state index in [1.54, 1.807) is 6.07 Å². The molecule has 0 saturated carbocycles. The molecule has 0 saturated heterocycles. The first kappa shape index (κ1) is 12.9. The molecule has 1 unspecified atom stereocenters. The molecule has 1 atom stereocenters. The summed E-state index contributed by atoms with van der Waals surface area (Å²) in [7, 11) is 0. The SMILES string of the molecule is CCOCC(C)Oc1ccc(CO)c(C)n1. The zero-order valence-corrected chi connectivity index (χ0v) is 10.1. The van der Waals surface area contributed by atoms with Crippen molar-refractivity contribution in [3.05, 3.63) is 23.4 Å². The van der Waals surface area contributed by atoms with Crippen molar-refractivity contribution in [2.45, 2.75) is 33.5 Å². The molecule has 1 heterocycles. The van der Waals surface area contributed by atoms with E-state index in [4.69, 9.17) is 14.6 Å². The third-order valence-corrected chi connectivity index (χ3v) is 2.22. The number of hydrogen-bond acceptors (Lipinski definition) is 4. The van der Waals surface area contributed by atoms with E-state index in [-0.39, 0.29) is 12.7 Å². The van der Waals surface area contributed by atoms with Crippen LogP contribution in [0.3, 0.4) is 0 Å². The number of aliphatic hydroxyl groups excluding tert-OH is 1. The second-order valence-electron chi connectivity index (χ2n) is 3.64. The first-order chi connectivity index (χ1) is 7.67. The van der Waals surface area contributed by atoms with Gasteiger partial charge in [0.2, 0.25) is 5.88 Å². The standard InChI is InChI=1S/C12H19NO3/c1-4-15-8-9(2)16-12-6-5-11(7-14)10(3)13-12/h5-6,9,14H,4,7-8H2,1-3H3. The zero-order valence-electron chi connectivity index (χ0n) is 10.1. The van der Waals surface area contributed by atoms with Gasteiger partial charge < -0.3 is 14.6 Å². The molecule has 0 aromatic carbocycles. The van der Waals surface area contributed by atoms with Crippen LogP contribution in [-0.4, -0.2) is 29.4 Å². The fraction of sp³-hybridized carbons (Fsp3) is 0.583. The smallest absolute Gasteiger partial charge is 0.213 e. The Morgan fingerprint density at radius 3 is 2.75 bits per heavy atom. The van der Waals surface area contributed by atoms with E-state index >= 15 is 0 Å². The molecule has 4 heteroatoms. The van der Waals surface area contributed by atoms with Gasteiger partial charge in [0, 0.05) is 18.4 Å². The summed E-state index contributed by atoms with van der Waals surface area (Å²) in [6.07, 6.45) is -0.0215. The Morgan fingerprint density at radius 2 is 2.19 bits per heavy atom. The minimum absolute atomic E-state index is 0.00755. The highest BCUT2D eigenvalue weighted by molar-refractivity contribution is 5.24. The second kappa shape index (κ2) is 6.45. The van der Waals surface area contributed by atoms with E-state index in [1.165, 1.54) is 0 Å². The second-order valence-corrected chi connectivity index (χ2v) is 3.64. The van der Waals surface area contributed by atoms with Gasteiger partial charge in [-0.25, -0.2) is 4.98 Å². The van der Waals surface area contributed by atoms with Crippen molar-refractivity contribution in [1.29, 1.82) is 0 Å². The lowest BCUT2D eigenvalue weighted by Gasteiger charge is -2.14. The number of pyridine rings is 1. The van der Waals surface area contributed by atoms with Crippen molar-refractivity contribution in [3.8, 4) is 5.88 Å². The monoisotopic (exact) mass is 225 g/mol. The molecule has 4 nitrogen and oxygen atoms in total. The van der Waals surface area contributed by atoms with E-state index < -0.39 is 0 Å². The van der Waals surface area contributed by atoms with Crippen LogP contribution in [0.2, 0.25) is 0 Å². The van der Waals surface area contributed by atoms with Gasteiger partial charge in [0.25, 0.3) is 0 Å². The molecule has 0 aliphatic carbocycles. The van der Waals surface area contributed by atoms with Crippen LogP contribution in [0.25, 0.3) is 0 Å². The number of aliphatic hydroxyl groups is 1. The van der Waals surface area contributed by atoms with E-state index in [9.17, 15) is 0 Å². The van der Waals surface area contributed by atoms with Gasteiger partial charge in [-0.1, -0.05) is 0 Å². The summed E-state index contributed by atoms with van der Waals surface area (Å²) in [6, 6.07) is 3.59. The van der Waals surface area contributed by atoms with Gasteiger partial charge in [0.1, 0.15) is 6.10 Å². The maximum Gasteiger partial charge on any atom is 0.213 e. The van der Waals surface area contributed by atoms with E-state index in [0.717, 1.165) is 11.3 Å². The number of aromatic nitrogens is 1. The Hall–Kier alpha value is -1.13. The Kier molecular flexibility index (Phi) is 5.22. The van der Waals surface area contributed by atoms with Crippen molar-refractivity contribution in [1.82, 2.24) is 4.98 Å². The van der Waals surface area contributed by atoms with Crippen molar-refractivity contribution in [2.75, 3.05) is 13.2 Å². The summed E-state index contributed by atoms with van der Waals surface area (Å²) in [5.41, 5.74) is 1.62. The first-order valence-electron chi connectivity index (χ1n) is 5.49. The Labute approximate surface area is 96.2 Å². The number of ether oxygens (including phenoxy) is 2. The fourth-order valence-electron chi connectivity index (χ4n) is 1.32. The third-order valence-electron chi connectivity index (χ3n) is 2.22. The van der Waals surface area contributed by atoms with Crippen molar-refractivity contribution in [3.63, 3.8) is 0 Å². The highest BCUT2D eigenvalue weighted by Crippen LogP contribution is 2.13. The van der Waals surface area contributed by atoms with Crippen LogP contribution in [0.5, 0.6) is 5.88 Å². The molecule has 1 N–H and O–H groups in total. The Balaban J connectivity index is 2.57. The van der Waals surface area contributed by atoms with Crippen molar-refractivity contribution >= 4 is 0 Å². The highest BCUT2D eigenvalue weighted by Gasteiger charge is 2.06. The van der Waals surface area contributed by atoms with E-state index in [1.807, 2.05) is 26.8 Å². The molecule has 0 aliphatic rings. The minimum atomic E-state index is -0.0215. The van der Waals surface area contributed by atoms with Crippen LogP contribution in [0, 0.1) is 6.92 Å². The summed E-state index contributed by atoms with van der Waals surface area (Å²) in [5, 5.41) is 9.01. The topological polar surface area (TPSA) is 51.6 Å². The molecule has 0 radical (unpaired) electrons. The van der Waals surface area contributed by atoms with Crippen LogP contribution >= 0.6 is 0 Å². The summed E-state index contributed by atoms with van der Waals surface area (Å²) < 4.78 is 10.8. The van der Waals surface area contributed by atoms with E-state index in [2.05, 4.69) is 4.98 Å². The predicted octanol–water partition coefficient (Wildman–Crippen LogP) is 1.69. The summed E-state index contributed by atoms with van der Waals surface area (Å²) in [4.78, 5) is 4.25.